The Balaban J connectivity index is 2.99. The minimum atomic E-state index is -2.66. The van der Waals surface area contributed by atoms with Gasteiger partial charge in [-0.05, 0) is 18.1 Å². The SMILES string of the molecule is COC(=O)c1c(C(C)C)nc2c(Cl)cc(Cl)cc2c1OS(=O)O. The highest BCUT2D eigenvalue weighted by atomic mass is 35.5. The molecule has 0 aliphatic carbocycles. The van der Waals surface area contributed by atoms with E-state index < -0.39 is 17.3 Å². The summed E-state index contributed by atoms with van der Waals surface area (Å²) in [5.74, 6) is -1.06. The predicted octanol–water partition coefficient (Wildman–Crippen LogP) is 3.97. The van der Waals surface area contributed by atoms with Gasteiger partial charge in [0.05, 0.1) is 23.3 Å². The Morgan fingerprint density at radius 1 is 1.35 bits per heavy atom. The van der Waals surface area contributed by atoms with Gasteiger partial charge in [-0.15, -0.1) is 0 Å². The zero-order valence-corrected chi connectivity index (χ0v) is 14.8. The molecule has 0 saturated carbocycles. The van der Waals surface area contributed by atoms with Gasteiger partial charge in [-0.1, -0.05) is 37.0 Å². The molecule has 1 aromatic heterocycles. The number of carbonyl (C=O) groups is 1. The van der Waals surface area contributed by atoms with Crippen LogP contribution in [0.2, 0.25) is 10.0 Å². The Morgan fingerprint density at radius 2 is 2.00 bits per heavy atom. The van der Waals surface area contributed by atoms with Crippen molar-refractivity contribution in [2.75, 3.05) is 7.11 Å². The normalized spacial score (nSPS) is 12.5. The number of rotatable bonds is 4. The van der Waals surface area contributed by atoms with Crippen molar-refractivity contribution in [3.63, 3.8) is 0 Å². The molecule has 0 bridgehead atoms. The van der Waals surface area contributed by atoms with Crippen molar-refractivity contribution in [1.29, 1.82) is 0 Å². The molecule has 1 aromatic carbocycles. The molecule has 1 N–H and O–H groups in total. The number of pyridine rings is 1. The molecule has 0 spiro atoms. The number of methoxy groups -OCH3 is 1. The number of nitrogens with zero attached hydrogens (tertiary/aromatic N) is 1. The minimum Gasteiger partial charge on any atom is -0.465 e. The van der Waals surface area contributed by atoms with Crippen LogP contribution in [0.3, 0.4) is 0 Å². The van der Waals surface area contributed by atoms with Crippen LogP contribution in [0.1, 0.15) is 35.8 Å². The maximum absolute atomic E-state index is 12.2. The lowest BCUT2D eigenvalue weighted by Crippen LogP contribution is -2.13. The number of aromatic nitrogens is 1. The number of halogens is 2. The van der Waals surface area contributed by atoms with Crippen LogP contribution in [-0.4, -0.2) is 26.8 Å². The average molecular weight is 378 g/mol. The van der Waals surface area contributed by atoms with Gasteiger partial charge in [-0.3, -0.25) is 4.55 Å². The highest BCUT2D eigenvalue weighted by molar-refractivity contribution is 7.74. The largest absolute Gasteiger partial charge is 0.465 e. The topological polar surface area (TPSA) is 85.7 Å². The van der Waals surface area contributed by atoms with Gasteiger partial charge in [0.15, 0.2) is 5.75 Å². The van der Waals surface area contributed by atoms with E-state index in [0.717, 1.165) is 0 Å². The number of ether oxygens (including phenoxy) is 1. The van der Waals surface area contributed by atoms with Gasteiger partial charge >= 0.3 is 17.3 Å². The molecule has 23 heavy (non-hydrogen) atoms. The highest BCUT2D eigenvalue weighted by Crippen LogP contribution is 2.39. The van der Waals surface area contributed by atoms with Gasteiger partial charge in [-0.2, -0.15) is 4.21 Å². The van der Waals surface area contributed by atoms with Crippen LogP contribution in [-0.2, 0) is 16.1 Å². The fourth-order valence-corrected chi connectivity index (χ4v) is 3.01. The first-order valence-corrected chi connectivity index (χ1v) is 8.25. The van der Waals surface area contributed by atoms with Crippen molar-refractivity contribution < 1.29 is 22.5 Å². The summed E-state index contributed by atoms with van der Waals surface area (Å²) in [6.45, 7) is 3.62. The fourth-order valence-electron chi connectivity index (χ4n) is 2.15. The quantitative estimate of drug-likeness (QED) is 0.640. The molecule has 0 aliphatic heterocycles. The van der Waals surface area contributed by atoms with Gasteiger partial charge in [0, 0.05) is 10.4 Å². The molecule has 0 aliphatic rings. The van der Waals surface area contributed by atoms with E-state index in [4.69, 9.17) is 36.7 Å². The number of carbonyl (C=O) groups excluding carboxylic acids is 1. The zero-order chi connectivity index (χ0) is 17.3. The fraction of sp³-hybridized carbons (Fsp3) is 0.286. The van der Waals surface area contributed by atoms with Gasteiger partial charge in [-0.25, -0.2) is 9.78 Å². The van der Waals surface area contributed by atoms with Gasteiger partial charge in [0.2, 0.25) is 0 Å². The van der Waals surface area contributed by atoms with Crippen LogP contribution in [0, 0.1) is 0 Å². The first-order chi connectivity index (χ1) is 10.8. The van der Waals surface area contributed by atoms with E-state index in [9.17, 15) is 9.00 Å². The maximum atomic E-state index is 12.2. The summed E-state index contributed by atoms with van der Waals surface area (Å²) in [4.78, 5) is 16.6. The third-order valence-electron chi connectivity index (χ3n) is 3.08. The van der Waals surface area contributed by atoms with Crippen molar-refractivity contribution in [2.24, 2.45) is 0 Å². The van der Waals surface area contributed by atoms with E-state index in [1.807, 2.05) is 13.8 Å². The standard InChI is InChI=1S/C14H13Cl2NO5S/c1-6(2)11-10(14(18)21-3)13(22-23(19)20)8-4-7(15)5-9(16)12(8)17-11/h4-6H,1-3H3,(H,19,20). The van der Waals surface area contributed by atoms with Crippen LogP contribution >= 0.6 is 23.2 Å². The molecular weight excluding hydrogens is 365 g/mol. The second-order valence-electron chi connectivity index (χ2n) is 4.93. The van der Waals surface area contributed by atoms with E-state index in [1.54, 1.807) is 0 Å². The first kappa shape index (κ1) is 17.9. The zero-order valence-electron chi connectivity index (χ0n) is 12.4. The number of hydrogen-bond donors (Lipinski definition) is 1. The Hall–Kier alpha value is -1.41. The highest BCUT2D eigenvalue weighted by Gasteiger charge is 2.27. The molecule has 0 fully saturated rings. The predicted molar refractivity (Wildman–Crippen MR) is 88.6 cm³/mol. The molecular formula is C14H13Cl2NO5S. The molecule has 1 heterocycles. The Labute approximate surface area is 145 Å². The molecule has 6 nitrogen and oxygen atoms in total. The van der Waals surface area contributed by atoms with Crippen molar-refractivity contribution in [3.05, 3.63) is 33.4 Å². The monoisotopic (exact) mass is 377 g/mol. The van der Waals surface area contributed by atoms with Crippen LogP contribution in [0.15, 0.2) is 12.1 Å². The van der Waals surface area contributed by atoms with Crippen molar-refractivity contribution in [2.45, 2.75) is 19.8 Å². The molecule has 0 radical (unpaired) electrons. The lowest BCUT2D eigenvalue weighted by Gasteiger charge is -2.17. The summed E-state index contributed by atoms with van der Waals surface area (Å²) in [6.07, 6.45) is 0. The van der Waals surface area contributed by atoms with Gasteiger partial charge in [0.1, 0.15) is 5.56 Å². The summed E-state index contributed by atoms with van der Waals surface area (Å²) in [6, 6.07) is 2.94. The Bertz CT molecular complexity index is 810. The molecule has 2 rings (SSSR count). The van der Waals surface area contributed by atoms with Crippen molar-refractivity contribution in [1.82, 2.24) is 4.98 Å². The summed E-state index contributed by atoms with van der Waals surface area (Å²) in [5, 5.41) is 0.750. The second-order valence-corrected chi connectivity index (χ2v) is 6.38. The van der Waals surface area contributed by atoms with Crippen molar-refractivity contribution in [3.8, 4) is 5.75 Å². The number of benzene rings is 1. The van der Waals surface area contributed by atoms with Crippen LogP contribution < -0.4 is 4.18 Å². The third kappa shape index (κ3) is 3.58. The van der Waals surface area contributed by atoms with Crippen LogP contribution in [0.5, 0.6) is 5.75 Å². The van der Waals surface area contributed by atoms with Gasteiger partial charge < -0.3 is 8.92 Å². The van der Waals surface area contributed by atoms with Crippen molar-refractivity contribution >= 4 is 51.4 Å². The van der Waals surface area contributed by atoms with E-state index in [-0.39, 0.29) is 32.7 Å². The molecule has 9 heteroatoms. The Morgan fingerprint density at radius 3 is 2.52 bits per heavy atom. The van der Waals surface area contributed by atoms with Gasteiger partial charge in [0.25, 0.3) is 0 Å². The third-order valence-corrected chi connectivity index (χ3v) is 3.89. The van der Waals surface area contributed by atoms with E-state index >= 15 is 0 Å². The number of esters is 1. The van der Waals surface area contributed by atoms with E-state index in [2.05, 4.69) is 4.98 Å². The molecule has 1 unspecified atom stereocenters. The number of fused-ring (bicyclic) bond motifs is 1. The Kier molecular flexibility index (Phi) is 5.46. The van der Waals surface area contributed by atoms with Crippen LogP contribution in [0.25, 0.3) is 10.9 Å². The molecule has 2 aromatic rings. The number of hydrogen-bond acceptors (Lipinski definition) is 5. The lowest BCUT2D eigenvalue weighted by atomic mass is 10.00. The minimum absolute atomic E-state index is 0.0317. The summed E-state index contributed by atoms with van der Waals surface area (Å²) in [7, 11) is 1.20. The smallest absolute Gasteiger partial charge is 0.357 e. The van der Waals surface area contributed by atoms with E-state index in [0.29, 0.717) is 11.2 Å². The summed E-state index contributed by atoms with van der Waals surface area (Å²) >= 11 is 9.48. The van der Waals surface area contributed by atoms with E-state index in [1.165, 1.54) is 19.2 Å². The lowest BCUT2D eigenvalue weighted by molar-refractivity contribution is 0.0596. The molecule has 124 valence electrons. The molecule has 1 atom stereocenters. The summed E-state index contributed by atoms with van der Waals surface area (Å²) in [5.41, 5.74) is 0.623. The summed E-state index contributed by atoms with van der Waals surface area (Å²) < 4.78 is 30.0. The molecule has 0 saturated heterocycles. The molecule has 0 amide bonds. The second kappa shape index (κ2) is 7.00. The maximum Gasteiger partial charge on any atom is 0.357 e. The van der Waals surface area contributed by atoms with Crippen LogP contribution in [0.4, 0.5) is 0 Å². The first-order valence-electron chi connectivity index (χ1n) is 6.46. The average Bonchev–Trinajstić information content (AvgIpc) is 2.45.